The summed E-state index contributed by atoms with van der Waals surface area (Å²) in [6.45, 7) is 2.05. The van der Waals surface area contributed by atoms with Crippen molar-refractivity contribution in [3.63, 3.8) is 0 Å². The Balaban J connectivity index is 1.48. The fourth-order valence-corrected chi connectivity index (χ4v) is 4.94. The lowest BCUT2D eigenvalue weighted by molar-refractivity contribution is -0.115. The summed E-state index contributed by atoms with van der Waals surface area (Å²) in [5, 5.41) is 9.55. The Bertz CT molecular complexity index is 1300. The number of thiocarbonyl (C=S) groups is 1. The van der Waals surface area contributed by atoms with Gasteiger partial charge < -0.3 is 16.0 Å². The number of anilines is 3. The van der Waals surface area contributed by atoms with E-state index in [0.29, 0.717) is 5.11 Å². The van der Waals surface area contributed by atoms with Gasteiger partial charge in [-0.3, -0.25) is 4.79 Å². The summed E-state index contributed by atoms with van der Waals surface area (Å²) in [6, 6.07) is 33.3. The SMILES string of the molecule is Cc1ccc(NC(=S)Nc2cccc(SC(C(=O)Nc3ccc(Br)cc3)c3ccccc3)c2)cc1. The third-order valence-electron chi connectivity index (χ3n) is 5.11. The van der Waals surface area contributed by atoms with E-state index in [9.17, 15) is 4.79 Å². The topological polar surface area (TPSA) is 53.2 Å². The smallest absolute Gasteiger partial charge is 0.242 e. The molecule has 0 spiro atoms. The molecule has 0 aromatic heterocycles. The van der Waals surface area contributed by atoms with E-state index >= 15 is 0 Å². The summed E-state index contributed by atoms with van der Waals surface area (Å²) in [5.41, 5.74) is 4.65. The van der Waals surface area contributed by atoms with Crippen molar-refractivity contribution in [2.24, 2.45) is 0 Å². The van der Waals surface area contributed by atoms with E-state index in [0.717, 1.165) is 32.0 Å². The molecule has 0 saturated carbocycles. The van der Waals surface area contributed by atoms with E-state index in [1.807, 2.05) is 110 Å². The third-order valence-corrected chi connectivity index (χ3v) is 7.09. The van der Waals surface area contributed by atoms with Crippen molar-refractivity contribution >= 4 is 68.0 Å². The molecule has 4 nitrogen and oxygen atoms in total. The number of carbonyl (C=O) groups excluding carboxylic acids is 1. The van der Waals surface area contributed by atoms with Gasteiger partial charge in [0.05, 0.1) is 0 Å². The number of nitrogens with one attached hydrogen (secondary N) is 3. The fourth-order valence-electron chi connectivity index (χ4n) is 3.36. The van der Waals surface area contributed by atoms with Crippen molar-refractivity contribution < 1.29 is 4.79 Å². The number of aryl methyl sites for hydroxylation is 1. The molecule has 0 aliphatic heterocycles. The van der Waals surface area contributed by atoms with Crippen LogP contribution in [0, 0.1) is 6.92 Å². The summed E-state index contributed by atoms with van der Waals surface area (Å²) >= 11 is 10.4. The molecule has 1 atom stereocenters. The second-order valence-electron chi connectivity index (χ2n) is 7.88. The number of amides is 1. The lowest BCUT2D eigenvalue weighted by Gasteiger charge is -2.18. The van der Waals surface area contributed by atoms with Crippen LogP contribution in [0.3, 0.4) is 0 Å². The fraction of sp³-hybridized carbons (Fsp3) is 0.0714. The highest BCUT2D eigenvalue weighted by atomic mass is 79.9. The Morgan fingerprint density at radius 3 is 2.11 bits per heavy atom. The van der Waals surface area contributed by atoms with Gasteiger partial charge in [0, 0.05) is 26.4 Å². The third kappa shape index (κ3) is 7.42. The number of hydrogen-bond donors (Lipinski definition) is 3. The number of benzene rings is 4. The van der Waals surface area contributed by atoms with Gasteiger partial charge in [-0.15, -0.1) is 11.8 Å². The lowest BCUT2D eigenvalue weighted by atomic mass is 10.1. The monoisotopic (exact) mass is 561 g/mol. The lowest BCUT2D eigenvalue weighted by Crippen LogP contribution is -2.19. The van der Waals surface area contributed by atoms with E-state index in [1.165, 1.54) is 17.3 Å². The summed E-state index contributed by atoms with van der Waals surface area (Å²) in [7, 11) is 0. The van der Waals surface area contributed by atoms with Crippen LogP contribution < -0.4 is 16.0 Å². The Hall–Kier alpha value is -3.13. The van der Waals surface area contributed by atoms with Crippen LogP contribution in [0.15, 0.2) is 112 Å². The van der Waals surface area contributed by atoms with Gasteiger partial charge in [-0.2, -0.15) is 0 Å². The zero-order valence-electron chi connectivity index (χ0n) is 19.0. The summed E-state index contributed by atoms with van der Waals surface area (Å²) in [5.74, 6) is -0.0848. The van der Waals surface area contributed by atoms with Crippen LogP contribution in [-0.4, -0.2) is 11.0 Å². The van der Waals surface area contributed by atoms with Gasteiger partial charge in [0.1, 0.15) is 5.25 Å². The van der Waals surface area contributed by atoms with Crippen LogP contribution in [0.2, 0.25) is 0 Å². The van der Waals surface area contributed by atoms with Crippen LogP contribution in [0.5, 0.6) is 0 Å². The molecule has 0 saturated heterocycles. The summed E-state index contributed by atoms with van der Waals surface area (Å²) in [6.07, 6.45) is 0. The highest BCUT2D eigenvalue weighted by Gasteiger charge is 2.22. The average molecular weight is 563 g/mol. The zero-order chi connectivity index (χ0) is 24.6. The predicted octanol–water partition coefficient (Wildman–Crippen LogP) is 8.04. The normalized spacial score (nSPS) is 11.4. The second kappa shape index (κ2) is 12.0. The molecule has 4 aromatic rings. The molecule has 4 aromatic carbocycles. The Morgan fingerprint density at radius 2 is 1.40 bits per heavy atom. The van der Waals surface area contributed by atoms with Gasteiger partial charge in [-0.1, -0.05) is 70.0 Å². The van der Waals surface area contributed by atoms with Crippen LogP contribution >= 0.6 is 39.9 Å². The van der Waals surface area contributed by atoms with Gasteiger partial charge in [0.2, 0.25) is 5.91 Å². The quantitative estimate of drug-likeness (QED) is 0.157. The predicted molar refractivity (Wildman–Crippen MR) is 155 cm³/mol. The molecule has 7 heteroatoms. The number of thioether (sulfide) groups is 1. The first-order valence-electron chi connectivity index (χ1n) is 11.0. The molecular formula is C28H24BrN3OS2. The molecule has 35 heavy (non-hydrogen) atoms. The van der Waals surface area contributed by atoms with Crippen LogP contribution in [0.1, 0.15) is 16.4 Å². The molecule has 1 amide bonds. The Labute approximate surface area is 223 Å². The highest BCUT2D eigenvalue weighted by Crippen LogP contribution is 2.37. The van der Waals surface area contributed by atoms with Gasteiger partial charge in [-0.05, 0) is 79.3 Å². The largest absolute Gasteiger partial charge is 0.332 e. The molecule has 0 radical (unpaired) electrons. The van der Waals surface area contributed by atoms with Gasteiger partial charge >= 0.3 is 0 Å². The second-order valence-corrected chi connectivity index (χ2v) is 10.4. The van der Waals surface area contributed by atoms with Crippen molar-refractivity contribution in [2.75, 3.05) is 16.0 Å². The number of carbonyl (C=O) groups is 1. The van der Waals surface area contributed by atoms with E-state index in [4.69, 9.17) is 12.2 Å². The molecule has 0 heterocycles. The minimum Gasteiger partial charge on any atom is -0.332 e. The van der Waals surface area contributed by atoms with E-state index in [-0.39, 0.29) is 5.91 Å². The zero-order valence-corrected chi connectivity index (χ0v) is 22.2. The van der Waals surface area contributed by atoms with Crippen molar-refractivity contribution in [1.82, 2.24) is 0 Å². The van der Waals surface area contributed by atoms with Gasteiger partial charge in [0.15, 0.2) is 5.11 Å². The Morgan fingerprint density at radius 1 is 0.771 bits per heavy atom. The average Bonchev–Trinajstić information content (AvgIpc) is 2.86. The number of hydrogen-bond acceptors (Lipinski definition) is 3. The first kappa shape index (κ1) is 25.0. The van der Waals surface area contributed by atoms with Crippen molar-refractivity contribution in [3.8, 4) is 0 Å². The number of rotatable bonds is 7. The molecule has 3 N–H and O–H groups in total. The minimum atomic E-state index is -0.423. The van der Waals surface area contributed by atoms with Crippen LogP contribution in [0.4, 0.5) is 17.1 Å². The maximum absolute atomic E-state index is 13.3. The first-order chi connectivity index (χ1) is 17.0. The minimum absolute atomic E-state index is 0.0848. The maximum atomic E-state index is 13.3. The Kier molecular flexibility index (Phi) is 8.58. The van der Waals surface area contributed by atoms with Crippen molar-refractivity contribution in [2.45, 2.75) is 17.1 Å². The van der Waals surface area contributed by atoms with Crippen LogP contribution in [-0.2, 0) is 4.79 Å². The van der Waals surface area contributed by atoms with Gasteiger partial charge in [0.25, 0.3) is 0 Å². The molecule has 176 valence electrons. The highest BCUT2D eigenvalue weighted by molar-refractivity contribution is 9.10. The maximum Gasteiger partial charge on any atom is 0.242 e. The van der Waals surface area contributed by atoms with E-state index in [2.05, 4.69) is 31.9 Å². The summed E-state index contributed by atoms with van der Waals surface area (Å²) < 4.78 is 0.962. The summed E-state index contributed by atoms with van der Waals surface area (Å²) in [4.78, 5) is 14.3. The molecule has 1 unspecified atom stereocenters. The van der Waals surface area contributed by atoms with Crippen molar-refractivity contribution in [1.29, 1.82) is 0 Å². The van der Waals surface area contributed by atoms with E-state index < -0.39 is 5.25 Å². The van der Waals surface area contributed by atoms with Gasteiger partial charge in [-0.25, -0.2) is 0 Å². The molecule has 0 aliphatic carbocycles. The van der Waals surface area contributed by atoms with E-state index in [1.54, 1.807) is 0 Å². The van der Waals surface area contributed by atoms with Crippen LogP contribution in [0.25, 0.3) is 0 Å². The molecule has 0 fully saturated rings. The number of halogens is 1. The first-order valence-corrected chi connectivity index (χ1v) is 13.1. The molecule has 4 rings (SSSR count). The molecule has 0 bridgehead atoms. The molecule has 0 aliphatic rings. The standard InChI is InChI=1S/C28H24BrN3OS2/c1-19-10-14-23(15-11-19)31-28(34)32-24-8-5-9-25(18-24)35-26(20-6-3-2-4-7-20)27(33)30-22-16-12-21(29)13-17-22/h2-18,26H,1H3,(H,30,33)(H2,31,32,34). The molecular weight excluding hydrogens is 538 g/mol. The van der Waals surface area contributed by atoms with Crippen molar-refractivity contribution in [3.05, 3.63) is 119 Å².